The van der Waals surface area contributed by atoms with Gasteiger partial charge in [0.05, 0.1) is 16.1 Å². The van der Waals surface area contributed by atoms with Crippen LogP contribution in [0, 0.1) is 15.3 Å². The van der Waals surface area contributed by atoms with Gasteiger partial charge in [0.1, 0.15) is 0 Å². The van der Waals surface area contributed by atoms with Crippen molar-refractivity contribution in [3.8, 4) is 0 Å². The van der Waals surface area contributed by atoms with Crippen LogP contribution in [0.1, 0.15) is 0 Å². The molecule has 0 aromatic carbocycles. The Morgan fingerprint density at radius 2 is 2.36 bits per heavy atom. The van der Waals surface area contributed by atoms with Crippen LogP contribution in [0.2, 0.25) is 0 Å². The number of pyridine rings is 1. The van der Waals surface area contributed by atoms with E-state index in [0.29, 0.717) is 0 Å². The highest BCUT2D eigenvalue weighted by Crippen LogP contribution is 2.21. The molecule has 0 amide bonds. The zero-order chi connectivity index (χ0) is 10.3. The molecule has 0 radical (unpaired) electrons. The first kappa shape index (κ1) is 8.16. The fraction of sp³-hybridized carbons (Fsp3) is 0. The van der Waals surface area contributed by atoms with Crippen molar-refractivity contribution < 1.29 is 14.5 Å². The highest BCUT2D eigenvalue weighted by Gasteiger charge is 2.21. The third-order valence-corrected chi connectivity index (χ3v) is 1.59. The standard InChI is InChI=1S/C5H3N5O4/c6-4-2(9(11)12)1-3-5(7-4)8-14-10(3)13/h1H,(H2,6,7,8). The van der Waals surface area contributed by atoms with Crippen molar-refractivity contribution in [2.75, 3.05) is 5.73 Å². The summed E-state index contributed by atoms with van der Waals surface area (Å²) in [6.07, 6.45) is 0. The average Bonchev–Trinajstić information content (AvgIpc) is 2.46. The van der Waals surface area contributed by atoms with Crippen molar-refractivity contribution >= 4 is 22.7 Å². The Morgan fingerprint density at radius 1 is 1.64 bits per heavy atom. The molecule has 0 saturated heterocycles. The number of hydrogen-bond acceptors (Lipinski definition) is 7. The molecule has 2 N–H and O–H groups in total. The zero-order valence-electron chi connectivity index (χ0n) is 6.58. The summed E-state index contributed by atoms with van der Waals surface area (Å²) < 4.78 is 4.18. The maximum atomic E-state index is 10.8. The van der Waals surface area contributed by atoms with Gasteiger partial charge in [-0.25, -0.2) is 0 Å². The summed E-state index contributed by atoms with van der Waals surface area (Å²) in [4.78, 5) is 13.2. The van der Waals surface area contributed by atoms with Crippen molar-refractivity contribution in [2.24, 2.45) is 0 Å². The minimum absolute atomic E-state index is 0.0226. The smallest absolute Gasteiger partial charge is 0.343 e. The van der Waals surface area contributed by atoms with E-state index in [2.05, 4.69) is 14.8 Å². The SMILES string of the molecule is Nc1nc2no[n+]([O-])c2cc1[N+](=O)[O-]. The van der Waals surface area contributed by atoms with Gasteiger partial charge in [-0.2, -0.15) is 4.98 Å². The number of nitrogen functional groups attached to an aromatic ring is 1. The van der Waals surface area contributed by atoms with E-state index in [1.54, 1.807) is 0 Å². The Kier molecular flexibility index (Phi) is 1.47. The molecule has 0 aliphatic rings. The van der Waals surface area contributed by atoms with E-state index in [9.17, 15) is 15.3 Å². The van der Waals surface area contributed by atoms with E-state index in [1.165, 1.54) is 0 Å². The molecular weight excluding hydrogens is 194 g/mol. The molecule has 2 aromatic heterocycles. The van der Waals surface area contributed by atoms with Crippen LogP contribution in [0.5, 0.6) is 0 Å². The molecule has 72 valence electrons. The van der Waals surface area contributed by atoms with Gasteiger partial charge >= 0.3 is 11.3 Å². The van der Waals surface area contributed by atoms with Gasteiger partial charge in [-0.1, -0.05) is 0 Å². The first-order valence-electron chi connectivity index (χ1n) is 3.40. The molecule has 9 nitrogen and oxygen atoms in total. The zero-order valence-corrected chi connectivity index (χ0v) is 6.58. The quantitative estimate of drug-likeness (QED) is 0.364. The maximum absolute atomic E-state index is 10.8. The number of nitrogens with zero attached hydrogens (tertiary/aromatic N) is 4. The van der Waals surface area contributed by atoms with Crippen molar-refractivity contribution in [3.63, 3.8) is 0 Å². The minimum Gasteiger partial charge on any atom is -0.378 e. The van der Waals surface area contributed by atoms with Gasteiger partial charge in [0.2, 0.25) is 5.82 Å². The minimum atomic E-state index is -0.741. The molecule has 2 aromatic rings. The van der Waals surface area contributed by atoms with Crippen molar-refractivity contribution in [2.45, 2.75) is 0 Å². The number of rotatable bonds is 1. The third kappa shape index (κ3) is 0.990. The van der Waals surface area contributed by atoms with Gasteiger partial charge in [-0.15, -0.1) is 0 Å². The van der Waals surface area contributed by atoms with E-state index < -0.39 is 10.6 Å². The van der Waals surface area contributed by atoms with Crippen LogP contribution in [0.25, 0.3) is 11.2 Å². The molecule has 0 unspecified atom stereocenters. The van der Waals surface area contributed by atoms with Gasteiger partial charge in [0.25, 0.3) is 5.52 Å². The molecule has 0 saturated carbocycles. The van der Waals surface area contributed by atoms with Crippen LogP contribution < -0.4 is 10.6 Å². The van der Waals surface area contributed by atoms with Crippen LogP contribution in [-0.4, -0.2) is 15.1 Å². The predicted molar refractivity (Wildman–Crippen MR) is 41.8 cm³/mol. The monoisotopic (exact) mass is 197 g/mol. The maximum Gasteiger partial charge on any atom is 0.343 e. The number of hydrogen-bond donors (Lipinski definition) is 1. The summed E-state index contributed by atoms with van der Waals surface area (Å²) in [6.45, 7) is 0. The lowest BCUT2D eigenvalue weighted by Crippen LogP contribution is -2.22. The molecule has 0 bridgehead atoms. The van der Waals surface area contributed by atoms with Gasteiger partial charge in [0, 0.05) is 0 Å². The van der Waals surface area contributed by atoms with E-state index in [-0.39, 0.29) is 21.9 Å². The Balaban J connectivity index is 2.80. The number of aromatic nitrogens is 3. The molecule has 0 spiro atoms. The summed E-state index contributed by atoms with van der Waals surface area (Å²) in [5, 5.41) is 24.5. The van der Waals surface area contributed by atoms with Crippen LogP contribution in [0.3, 0.4) is 0 Å². The third-order valence-electron chi connectivity index (χ3n) is 1.59. The Bertz CT molecular complexity index is 520. The van der Waals surface area contributed by atoms with Crippen LogP contribution >= 0.6 is 0 Å². The van der Waals surface area contributed by atoms with Crippen LogP contribution in [0.15, 0.2) is 10.7 Å². The highest BCUT2D eigenvalue weighted by molar-refractivity contribution is 5.74. The largest absolute Gasteiger partial charge is 0.378 e. The highest BCUT2D eigenvalue weighted by atomic mass is 16.8. The molecular formula is C5H3N5O4. The number of nitrogens with two attached hydrogens (primary N) is 1. The fourth-order valence-corrected chi connectivity index (χ4v) is 0.964. The second-order valence-corrected chi connectivity index (χ2v) is 2.42. The van der Waals surface area contributed by atoms with Gasteiger partial charge in [-0.05, 0) is 4.90 Å². The second-order valence-electron chi connectivity index (χ2n) is 2.42. The molecule has 14 heavy (non-hydrogen) atoms. The summed E-state index contributed by atoms with van der Waals surface area (Å²) in [7, 11) is 0. The Labute approximate surface area is 75.4 Å². The summed E-state index contributed by atoms with van der Waals surface area (Å²) in [5.41, 5.74) is 4.60. The molecule has 0 aliphatic carbocycles. The number of fused-ring (bicyclic) bond motifs is 1. The molecule has 0 atom stereocenters. The second kappa shape index (κ2) is 2.52. The normalized spacial score (nSPS) is 10.6. The summed E-state index contributed by atoms with van der Waals surface area (Å²) >= 11 is 0. The molecule has 0 aliphatic heterocycles. The van der Waals surface area contributed by atoms with Gasteiger partial charge in [0.15, 0.2) is 0 Å². The van der Waals surface area contributed by atoms with Crippen LogP contribution in [0.4, 0.5) is 11.5 Å². The van der Waals surface area contributed by atoms with Gasteiger partial charge in [-0.3, -0.25) is 14.7 Å². The lowest BCUT2D eigenvalue weighted by molar-refractivity contribution is -0.782. The van der Waals surface area contributed by atoms with Crippen molar-refractivity contribution in [1.29, 1.82) is 0 Å². The Hall–Kier alpha value is -2.45. The predicted octanol–water partition coefficient (Wildman–Crippen LogP) is -0.653. The van der Waals surface area contributed by atoms with Gasteiger partial charge < -0.3 is 10.9 Å². The fourth-order valence-electron chi connectivity index (χ4n) is 0.964. The molecule has 2 heterocycles. The first-order chi connectivity index (χ1) is 6.59. The topological polar surface area (TPSA) is 135 Å². The number of anilines is 1. The van der Waals surface area contributed by atoms with Crippen molar-refractivity contribution in [3.05, 3.63) is 21.4 Å². The molecule has 9 heteroatoms. The lowest BCUT2D eigenvalue weighted by atomic mass is 10.3. The Morgan fingerprint density at radius 3 is 3.00 bits per heavy atom. The van der Waals surface area contributed by atoms with E-state index >= 15 is 0 Å². The molecule has 2 rings (SSSR count). The average molecular weight is 197 g/mol. The lowest BCUT2D eigenvalue weighted by Gasteiger charge is -1.92. The molecule has 0 fully saturated rings. The van der Waals surface area contributed by atoms with E-state index in [0.717, 1.165) is 6.07 Å². The number of nitro groups is 1. The van der Waals surface area contributed by atoms with E-state index in [1.807, 2.05) is 0 Å². The summed E-state index contributed by atoms with van der Waals surface area (Å²) in [6, 6.07) is 0.959. The first-order valence-corrected chi connectivity index (χ1v) is 3.40. The van der Waals surface area contributed by atoms with Crippen LogP contribution in [-0.2, 0) is 0 Å². The van der Waals surface area contributed by atoms with E-state index in [4.69, 9.17) is 5.73 Å². The van der Waals surface area contributed by atoms with Crippen molar-refractivity contribution in [1.82, 2.24) is 10.1 Å². The summed E-state index contributed by atoms with van der Waals surface area (Å²) in [5.74, 6) is -0.309.